The minimum atomic E-state index is -3.60. The maximum absolute atomic E-state index is 10.4. The van der Waals surface area contributed by atoms with Crippen LogP contribution in [0.4, 0.5) is 0 Å². The predicted molar refractivity (Wildman–Crippen MR) is 85.9 cm³/mol. The summed E-state index contributed by atoms with van der Waals surface area (Å²) in [5.74, 6) is 0. The molecular weight excluding hydrogens is 363 g/mol. The van der Waals surface area contributed by atoms with Gasteiger partial charge in [0.2, 0.25) is 0 Å². The first-order valence-electron chi connectivity index (χ1n) is 7.20. The van der Waals surface area contributed by atoms with Crippen molar-refractivity contribution in [1.82, 2.24) is 4.98 Å². The molecule has 3 rings (SSSR count). The molecule has 0 aromatic carbocycles. The Morgan fingerprint density at radius 2 is 2.08 bits per heavy atom. The molecule has 2 aliphatic heterocycles. The Labute approximate surface area is 145 Å². The standard InChI is InChI=1S/C13H20N2O7P.ClH/c14-13(12(17)10(16)7-19-13)8-21-23(18)20-6-3-11(22-23)9-1-4-15-5-2-9;/h1-2,4-5,10-12,16-18H,3,6-8,14H2;1H/q+1;/t10-,11+,12+,13-,23?;/m1./s1. The number of aromatic nitrogens is 1. The van der Waals surface area contributed by atoms with Crippen LogP contribution in [0.1, 0.15) is 18.1 Å². The maximum atomic E-state index is 10.4. The first-order valence-corrected chi connectivity index (χ1v) is 8.70. The van der Waals surface area contributed by atoms with Crippen LogP contribution < -0.4 is 5.73 Å². The third kappa shape index (κ3) is 4.20. The van der Waals surface area contributed by atoms with Gasteiger partial charge >= 0.3 is 8.17 Å². The lowest BCUT2D eigenvalue weighted by molar-refractivity contribution is -0.100. The SMILES string of the molecule is Cl.N[C@]1(CO[P+]2(O)OCC[C@@H](c3ccncc3)O2)OC[C@@H](O)[C@@H]1O. The lowest BCUT2D eigenvalue weighted by Crippen LogP contribution is -2.54. The number of hydrogen-bond acceptors (Lipinski definition) is 9. The molecule has 1 aromatic heterocycles. The first kappa shape index (κ1) is 19.9. The molecule has 3 heterocycles. The summed E-state index contributed by atoms with van der Waals surface area (Å²) in [6, 6.07) is 3.57. The van der Waals surface area contributed by atoms with E-state index in [-0.39, 0.29) is 38.3 Å². The molecule has 2 saturated heterocycles. The highest BCUT2D eigenvalue weighted by Gasteiger charge is 2.55. The Morgan fingerprint density at radius 3 is 2.71 bits per heavy atom. The second-order valence-corrected chi connectivity index (χ2v) is 7.18. The normalized spacial score (nSPS) is 39.4. The summed E-state index contributed by atoms with van der Waals surface area (Å²) in [6.45, 7) is -0.237. The van der Waals surface area contributed by atoms with E-state index >= 15 is 0 Å². The Balaban J connectivity index is 0.00000208. The number of aliphatic hydroxyl groups is 2. The minimum absolute atomic E-state index is 0. The average Bonchev–Trinajstić information content (AvgIpc) is 2.82. The van der Waals surface area contributed by atoms with E-state index in [4.69, 9.17) is 24.0 Å². The topological polar surface area (TPSA) is 137 Å². The third-order valence-corrected chi connectivity index (χ3v) is 5.30. The van der Waals surface area contributed by atoms with Gasteiger partial charge in [-0.15, -0.1) is 21.5 Å². The molecule has 0 aliphatic carbocycles. The van der Waals surface area contributed by atoms with Crippen LogP contribution in [-0.2, 0) is 18.3 Å². The fraction of sp³-hybridized carbons (Fsp3) is 0.615. The highest BCUT2D eigenvalue weighted by atomic mass is 35.5. The van der Waals surface area contributed by atoms with Crippen molar-refractivity contribution in [3.05, 3.63) is 30.1 Å². The molecule has 5 atom stereocenters. The lowest BCUT2D eigenvalue weighted by Gasteiger charge is -2.29. The van der Waals surface area contributed by atoms with Crippen molar-refractivity contribution in [1.29, 1.82) is 0 Å². The number of nitrogens with two attached hydrogens (primary N) is 1. The Bertz CT molecular complexity index is 544. The highest BCUT2D eigenvalue weighted by molar-refractivity contribution is 7.55. The van der Waals surface area contributed by atoms with Crippen LogP contribution in [0, 0.1) is 0 Å². The Kier molecular flexibility index (Phi) is 6.49. The number of halogens is 1. The summed E-state index contributed by atoms with van der Waals surface area (Å²) in [5.41, 5.74) is 5.07. The molecule has 0 bridgehead atoms. The van der Waals surface area contributed by atoms with Gasteiger partial charge in [-0.05, 0) is 17.7 Å². The van der Waals surface area contributed by atoms with Gasteiger partial charge < -0.3 is 14.9 Å². The van der Waals surface area contributed by atoms with E-state index in [2.05, 4.69) is 4.98 Å². The van der Waals surface area contributed by atoms with Crippen molar-refractivity contribution in [3.63, 3.8) is 0 Å². The van der Waals surface area contributed by atoms with Gasteiger partial charge in [0.05, 0.1) is 6.61 Å². The number of hydrogen-bond donors (Lipinski definition) is 4. The summed E-state index contributed by atoms with van der Waals surface area (Å²) in [6.07, 6.45) is 1.00. The fourth-order valence-corrected chi connectivity index (χ4v) is 3.89. The van der Waals surface area contributed by atoms with Crippen LogP contribution in [-0.4, -0.2) is 57.8 Å². The zero-order valence-electron chi connectivity index (χ0n) is 12.7. The van der Waals surface area contributed by atoms with Crippen LogP contribution in [0.15, 0.2) is 24.5 Å². The highest BCUT2D eigenvalue weighted by Crippen LogP contribution is 2.64. The molecular formula is C13H21ClN2O7P+. The number of nitrogens with zero attached hydrogens (tertiary/aromatic N) is 1. The number of aliphatic hydroxyl groups excluding tert-OH is 2. The van der Waals surface area contributed by atoms with Crippen molar-refractivity contribution >= 4 is 20.6 Å². The maximum Gasteiger partial charge on any atom is 0.573 e. The van der Waals surface area contributed by atoms with E-state index in [1.807, 2.05) is 0 Å². The lowest BCUT2D eigenvalue weighted by atomic mass is 10.1. The van der Waals surface area contributed by atoms with E-state index in [0.29, 0.717) is 6.42 Å². The van der Waals surface area contributed by atoms with Gasteiger partial charge in [0.1, 0.15) is 31.5 Å². The first-order chi connectivity index (χ1) is 10.9. The monoisotopic (exact) mass is 383 g/mol. The van der Waals surface area contributed by atoms with E-state index in [1.165, 1.54) is 0 Å². The van der Waals surface area contributed by atoms with Gasteiger partial charge in [-0.1, -0.05) is 0 Å². The summed E-state index contributed by atoms with van der Waals surface area (Å²) in [4.78, 5) is 14.3. The second kappa shape index (κ2) is 7.84. The summed E-state index contributed by atoms with van der Waals surface area (Å²) >= 11 is 0. The molecule has 0 spiro atoms. The molecule has 24 heavy (non-hydrogen) atoms. The quantitative estimate of drug-likeness (QED) is 0.532. The van der Waals surface area contributed by atoms with Gasteiger partial charge in [0, 0.05) is 18.8 Å². The summed E-state index contributed by atoms with van der Waals surface area (Å²) in [7, 11) is -3.60. The number of rotatable bonds is 4. The van der Waals surface area contributed by atoms with Crippen molar-refractivity contribution < 1.29 is 33.4 Å². The molecule has 11 heteroatoms. The van der Waals surface area contributed by atoms with Crippen LogP contribution in [0.5, 0.6) is 0 Å². The molecule has 2 aliphatic rings. The molecule has 5 N–H and O–H groups in total. The van der Waals surface area contributed by atoms with Crippen molar-refractivity contribution in [2.24, 2.45) is 5.73 Å². The van der Waals surface area contributed by atoms with Gasteiger partial charge in [-0.2, -0.15) is 9.42 Å². The molecule has 0 amide bonds. The van der Waals surface area contributed by atoms with Gasteiger partial charge in [0.15, 0.2) is 5.72 Å². The van der Waals surface area contributed by atoms with Crippen molar-refractivity contribution in [3.8, 4) is 0 Å². The summed E-state index contributed by atoms with van der Waals surface area (Å²) in [5, 5.41) is 19.3. The molecule has 1 aromatic rings. The third-order valence-electron chi connectivity index (χ3n) is 3.81. The van der Waals surface area contributed by atoms with Crippen molar-refractivity contribution in [2.75, 3.05) is 19.8 Å². The fourth-order valence-electron chi connectivity index (χ4n) is 2.44. The Morgan fingerprint density at radius 1 is 1.38 bits per heavy atom. The molecule has 136 valence electrons. The smallest absolute Gasteiger partial charge is 0.388 e. The predicted octanol–water partition coefficient (Wildman–Crippen LogP) is 0.0749. The van der Waals surface area contributed by atoms with E-state index in [0.717, 1.165) is 5.56 Å². The van der Waals surface area contributed by atoms with Crippen LogP contribution in [0.3, 0.4) is 0 Å². The zero-order chi connectivity index (χ0) is 16.5. The molecule has 1 unspecified atom stereocenters. The van der Waals surface area contributed by atoms with Crippen LogP contribution in [0.25, 0.3) is 0 Å². The second-order valence-electron chi connectivity index (χ2n) is 5.52. The molecule has 0 saturated carbocycles. The zero-order valence-corrected chi connectivity index (χ0v) is 14.4. The van der Waals surface area contributed by atoms with Gasteiger partial charge in [-0.3, -0.25) is 10.7 Å². The van der Waals surface area contributed by atoms with Gasteiger partial charge in [0.25, 0.3) is 0 Å². The number of pyridine rings is 1. The van der Waals surface area contributed by atoms with Crippen LogP contribution in [0.2, 0.25) is 0 Å². The Hall–Kier alpha value is -0.450. The van der Waals surface area contributed by atoms with Crippen LogP contribution >= 0.6 is 20.6 Å². The summed E-state index contributed by atoms with van der Waals surface area (Å²) < 4.78 is 21.3. The van der Waals surface area contributed by atoms with Crippen molar-refractivity contribution in [2.45, 2.75) is 30.5 Å². The molecule has 2 fully saturated rings. The van der Waals surface area contributed by atoms with E-state index in [1.54, 1.807) is 24.5 Å². The molecule has 9 nitrogen and oxygen atoms in total. The minimum Gasteiger partial charge on any atom is -0.388 e. The van der Waals surface area contributed by atoms with Gasteiger partial charge in [-0.25, -0.2) is 0 Å². The molecule has 0 radical (unpaired) electrons. The largest absolute Gasteiger partial charge is 0.573 e. The number of ether oxygens (including phenoxy) is 1. The average molecular weight is 384 g/mol. The van der Waals surface area contributed by atoms with E-state index in [9.17, 15) is 15.1 Å². The van der Waals surface area contributed by atoms with E-state index < -0.39 is 26.1 Å².